The van der Waals surface area contributed by atoms with Gasteiger partial charge < -0.3 is 24.1 Å². The topological polar surface area (TPSA) is 83.2 Å². The average Bonchev–Trinajstić information content (AvgIpc) is 2.59. The van der Waals surface area contributed by atoms with Gasteiger partial charge in [-0.15, -0.1) is 0 Å². The largest absolute Gasteiger partial charge is 0.484 e. The maximum absolute atomic E-state index is 12.0. The molecule has 0 bridgehead atoms. The molecule has 196 valence electrons. The van der Waals surface area contributed by atoms with Crippen LogP contribution in [-0.2, 0) is 5.72 Å². The Morgan fingerprint density at radius 1 is 0.514 bits per heavy atom. The van der Waals surface area contributed by atoms with Crippen molar-refractivity contribution in [3.8, 4) is 23.0 Å². The highest BCUT2D eigenvalue weighted by atomic mass is 16.5. The summed E-state index contributed by atoms with van der Waals surface area (Å²) in [6, 6.07) is 10.7. The van der Waals surface area contributed by atoms with Crippen LogP contribution in [0.5, 0.6) is 23.0 Å². The number of nitrogens with two attached hydrogens (primary N) is 1. The van der Waals surface area contributed by atoms with Gasteiger partial charge in [0.15, 0.2) is 28.7 Å². The molecule has 0 aliphatic rings. The van der Waals surface area contributed by atoms with E-state index in [1.807, 2.05) is 95.2 Å². The van der Waals surface area contributed by atoms with E-state index >= 15 is 0 Å². The van der Waals surface area contributed by atoms with Gasteiger partial charge in [-0.25, -0.2) is 0 Å². The second kappa shape index (κ2) is 9.55. The second-order valence-electron chi connectivity index (χ2n) is 12.9. The van der Waals surface area contributed by atoms with E-state index in [9.17, 15) is 5.11 Å². The number of ether oxygens (including phenoxy) is 4. The fourth-order valence-electron chi connectivity index (χ4n) is 3.42. The predicted octanol–water partition coefficient (Wildman–Crippen LogP) is 6.55. The lowest BCUT2D eigenvalue weighted by Gasteiger charge is -2.35. The van der Waals surface area contributed by atoms with Gasteiger partial charge in [-0.3, -0.25) is 5.73 Å². The van der Waals surface area contributed by atoms with E-state index in [1.54, 1.807) is 24.3 Å². The van der Waals surface area contributed by atoms with Crippen molar-refractivity contribution in [2.75, 3.05) is 0 Å². The van der Waals surface area contributed by atoms with E-state index in [-0.39, 0.29) is 0 Å². The summed E-state index contributed by atoms with van der Waals surface area (Å²) in [6.45, 7) is 23.4. The van der Waals surface area contributed by atoms with Crippen molar-refractivity contribution < 1.29 is 24.1 Å². The van der Waals surface area contributed by atoms with Crippen LogP contribution in [0.15, 0.2) is 36.4 Å². The monoisotopic (exact) mass is 487 g/mol. The van der Waals surface area contributed by atoms with E-state index in [2.05, 4.69) is 0 Å². The number of rotatable bonds is 6. The summed E-state index contributed by atoms with van der Waals surface area (Å²) >= 11 is 0. The maximum Gasteiger partial charge on any atom is 0.173 e. The van der Waals surface area contributed by atoms with E-state index < -0.39 is 28.1 Å². The first-order chi connectivity index (χ1) is 15.6. The van der Waals surface area contributed by atoms with Gasteiger partial charge in [0, 0.05) is 11.1 Å². The van der Waals surface area contributed by atoms with Crippen LogP contribution in [0, 0.1) is 0 Å². The van der Waals surface area contributed by atoms with Crippen LogP contribution in [0.25, 0.3) is 0 Å². The molecule has 0 aliphatic heterocycles. The molecule has 0 saturated carbocycles. The summed E-state index contributed by atoms with van der Waals surface area (Å²) in [5.41, 5.74) is 3.40. The number of benzene rings is 2. The molecule has 3 N–H and O–H groups in total. The standard InChI is InChI=1S/C29H45NO5/c1-25(2,3)32-21-17-13-15-19(23(21)34-27(7,8)9)29(30,31)20-16-14-18-22(33-26(4,5)6)24(20)35-28(10,11)12/h13-18,31H,30H2,1-12H3. The highest BCUT2D eigenvalue weighted by Gasteiger charge is 2.38. The van der Waals surface area contributed by atoms with Gasteiger partial charge in [0.1, 0.15) is 22.4 Å². The Bertz CT molecular complexity index is 934. The number of para-hydroxylation sites is 2. The van der Waals surface area contributed by atoms with Crippen molar-refractivity contribution >= 4 is 0 Å². The third-order valence-corrected chi connectivity index (χ3v) is 4.43. The molecule has 6 heteroatoms. The fraction of sp³-hybridized carbons (Fsp3) is 0.586. The first kappa shape index (κ1) is 28.8. The first-order valence-electron chi connectivity index (χ1n) is 12.1. The number of hydrogen-bond acceptors (Lipinski definition) is 6. The molecule has 6 nitrogen and oxygen atoms in total. The summed E-state index contributed by atoms with van der Waals surface area (Å²) in [5.74, 6) is 1.75. The minimum Gasteiger partial charge on any atom is -0.484 e. The van der Waals surface area contributed by atoms with Gasteiger partial charge in [0.25, 0.3) is 0 Å². The molecule has 0 atom stereocenters. The summed E-state index contributed by atoms with van der Waals surface area (Å²) in [5, 5.41) is 12.0. The van der Waals surface area contributed by atoms with Gasteiger partial charge in [-0.2, -0.15) is 0 Å². The maximum atomic E-state index is 12.0. The van der Waals surface area contributed by atoms with Crippen LogP contribution in [0.1, 0.15) is 94.2 Å². The molecule has 0 heterocycles. The Kier molecular flexibility index (Phi) is 7.86. The Balaban J connectivity index is 2.82. The lowest BCUT2D eigenvalue weighted by molar-refractivity contribution is 0.0537. The zero-order chi connectivity index (χ0) is 27.0. The lowest BCUT2D eigenvalue weighted by atomic mass is 9.92. The molecule has 0 aromatic heterocycles. The van der Waals surface area contributed by atoms with Crippen LogP contribution < -0.4 is 24.7 Å². The predicted molar refractivity (Wildman–Crippen MR) is 142 cm³/mol. The number of aliphatic hydroxyl groups is 1. The molecule has 0 spiro atoms. The van der Waals surface area contributed by atoms with E-state index in [1.165, 1.54) is 0 Å². The van der Waals surface area contributed by atoms with Crippen molar-refractivity contribution in [2.24, 2.45) is 5.73 Å². The summed E-state index contributed by atoms with van der Waals surface area (Å²) in [7, 11) is 0. The Hall–Kier alpha value is -2.44. The Morgan fingerprint density at radius 3 is 1.06 bits per heavy atom. The fourth-order valence-corrected chi connectivity index (χ4v) is 3.42. The van der Waals surface area contributed by atoms with E-state index in [0.29, 0.717) is 34.1 Å². The molecule has 0 amide bonds. The van der Waals surface area contributed by atoms with Crippen molar-refractivity contribution in [1.29, 1.82) is 0 Å². The third-order valence-electron chi connectivity index (χ3n) is 4.43. The zero-order valence-electron chi connectivity index (χ0n) is 23.6. The molecule has 0 fully saturated rings. The molecule has 0 saturated heterocycles. The molecule has 2 rings (SSSR count). The van der Waals surface area contributed by atoms with Crippen LogP contribution >= 0.6 is 0 Å². The van der Waals surface area contributed by atoms with Crippen molar-refractivity contribution in [3.63, 3.8) is 0 Å². The van der Waals surface area contributed by atoms with Gasteiger partial charge in [-0.1, -0.05) is 24.3 Å². The molecule has 0 aliphatic carbocycles. The molecule has 0 unspecified atom stereocenters. The third kappa shape index (κ3) is 8.32. The molecular formula is C29H45NO5. The first-order valence-corrected chi connectivity index (χ1v) is 12.1. The van der Waals surface area contributed by atoms with Crippen molar-refractivity contribution in [1.82, 2.24) is 0 Å². The molecular weight excluding hydrogens is 442 g/mol. The lowest BCUT2D eigenvalue weighted by Crippen LogP contribution is -2.40. The van der Waals surface area contributed by atoms with Crippen LogP contribution in [0.4, 0.5) is 0 Å². The summed E-state index contributed by atoms with van der Waals surface area (Å²) < 4.78 is 25.1. The molecule has 2 aromatic rings. The quantitative estimate of drug-likeness (QED) is 0.450. The van der Waals surface area contributed by atoms with Gasteiger partial charge in [-0.05, 0) is 95.2 Å². The average molecular weight is 488 g/mol. The van der Waals surface area contributed by atoms with Crippen LogP contribution in [0.2, 0.25) is 0 Å². The Morgan fingerprint density at radius 2 is 0.800 bits per heavy atom. The highest BCUT2D eigenvalue weighted by molar-refractivity contribution is 5.58. The van der Waals surface area contributed by atoms with Crippen LogP contribution in [0.3, 0.4) is 0 Å². The zero-order valence-corrected chi connectivity index (χ0v) is 23.6. The smallest absolute Gasteiger partial charge is 0.173 e. The normalized spacial score (nSPS) is 13.4. The van der Waals surface area contributed by atoms with Gasteiger partial charge in [0.05, 0.1) is 0 Å². The van der Waals surface area contributed by atoms with Gasteiger partial charge in [0.2, 0.25) is 0 Å². The summed E-state index contributed by atoms with van der Waals surface area (Å²) in [4.78, 5) is 0. The minimum atomic E-state index is -1.98. The van der Waals surface area contributed by atoms with Crippen LogP contribution in [-0.4, -0.2) is 27.5 Å². The van der Waals surface area contributed by atoms with Crippen molar-refractivity contribution in [2.45, 2.75) is 111 Å². The highest BCUT2D eigenvalue weighted by Crippen LogP contribution is 2.46. The van der Waals surface area contributed by atoms with Crippen molar-refractivity contribution in [3.05, 3.63) is 47.5 Å². The second-order valence-corrected chi connectivity index (χ2v) is 12.9. The van der Waals surface area contributed by atoms with E-state index in [0.717, 1.165) is 0 Å². The van der Waals surface area contributed by atoms with Gasteiger partial charge >= 0.3 is 0 Å². The van der Waals surface area contributed by atoms with E-state index in [4.69, 9.17) is 24.7 Å². The number of hydrogen-bond donors (Lipinski definition) is 2. The Labute approximate surface area is 211 Å². The SMILES string of the molecule is CC(C)(C)Oc1cccc(C(N)(O)c2cccc(OC(C)(C)C)c2OC(C)(C)C)c1OC(C)(C)C. The molecule has 0 radical (unpaired) electrons. The summed E-state index contributed by atoms with van der Waals surface area (Å²) in [6.07, 6.45) is 0. The minimum absolute atomic E-state index is 0.362. The molecule has 2 aromatic carbocycles. The molecule has 35 heavy (non-hydrogen) atoms.